The topological polar surface area (TPSA) is 29.5 Å². The number of benzene rings is 1. The van der Waals surface area contributed by atoms with E-state index in [2.05, 4.69) is 38.1 Å². The van der Waals surface area contributed by atoms with E-state index in [0.717, 1.165) is 19.3 Å². The minimum Gasteiger partial charge on any atom is -0.390 e. The first-order chi connectivity index (χ1) is 9.48. The molecule has 2 atom stereocenters. The third-order valence-corrected chi connectivity index (χ3v) is 4.93. The zero-order valence-corrected chi connectivity index (χ0v) is 12.7. The molecule has 1 heterocycles. The van der Waals surface area contributed by atoms with Gasteiger partial charge in [0, 0.05) is 6.42 Å². The molecule has 1 fully saturated rings. The van der Waals surface area contributed by atoms with Gasteiger partial charge in [-0.15, -0.1) is 0 Å². The Balaban J connectivity index is 1.78. The Morgan fingerprint density at radius 1 is 1.30 bits per heavy atom. The van der Waals surface area contributed by atoms with Gasteiger partial charge < -0.3 is 9.84 Å². The molecule has 1 aliphatic carbocycles. The Labute approximate surface area is 122 Å². The molecule has 2 aliphatic rings. The number of hydrogen-bond acceptors (Lipinski definition) is 2. The molecule has 1 saturated heterocycles. The maximum absolute atomic E-state index is 11.0. The first-order valence-corrected chi connectivity index (χ1v) is 7.92. The van der Waals surface area contributed by atoms with E-state index in [1.807, 2.05) is 0 Å². The summed E-state index contributed by atoms with van der Waals surface area (Å²) < 4.78 is 5.76. The van der Waals surface area contributed by atoms with E-state index >= 15 is 0 Å². The Morgan fingerprint density at radius 3 is 2.90 bits per heavy atom. The number of hydrogen-bond donors (Lipinski definition) is 1. The Bertz CT molecular complexity index is 480. The van der Waals surface area contributed by atoms with Crippen LogP contribution in [0, 0.1) is 0 Å². The third kappa shape index (κ3) is 2.91. The van der Waals surface area contributed by atoms with Crippen molar-refractivity contribution in [1.29, 1.82) is 0 Å². The van der Waals surface area contributed by atoms with E-state index in [1.165, 1.54) is 30.4 Å². The summed E-state index contributed by atoms with van der Waals surface area (Å²) in [7, 11) is 0. The summed E-state index contributed by atoms with van der Waals surface area (Å²) >= 11 is 0. The van der Waals surface area contributed by atoms with E-state index in [-0.39, 0.29) is 5.60 Å². The molecule has 0 aromatic heterocycles. The Kier molecular flexibility index (Phi) is 3.64. The van der Waals surface area contributed by atoms with Gasteiger partial charge in [-0.3, -0.25) is 0 Å². The van der Waals surface area contributed by atoms with Gasteiger partial charge in [0.1, 0.15) is 0 Å². The number of aliphatic hydroxyl groups is 1. The molecular weight excluding hydrogens is 248 g/mol. The molecule has 0 saturated carbocycles. The summed E-state index contributed by atoms with van der Waals surface area (Å²) in [4.78, 5) is 0. The van der Waals surface area contributed by atoms with Crippen LogP contribution in [0.5, 0.6) is 0 Å². The first kappa shape index (κ1) is 14.1. The lowest BCUT2D eigenvalue weighted by atomic mass is 9.72. The molecule has 20 heavy (non-hydrogen) atoms. The summed E-state index contributed by atoms with van der Waals surface area (Å²) in [6.45, 7) is 4.86. The van der Waals surface area contributed by atoms with Crippen LogP contribution in [0.25, 0.3) is 0 Å². The number of fused-ring (bicyclic) bond motifs is 1. The maximum Gasteiger partial charge on any atom is 0.0702 e. The average Bonchev–Trinajstić information content (AvgIpc) is 2.37. The van der Waals surface area contributed by atoms with Crippen LogP contribution in [0.4, 0.5) is 0 Å². The van der Waals surface area contributed by atoms with Crippen molar-refractivity contribution in [2.75, 3.05) is 6.61 Å². The van der Waals surface area contributed by atoms with Crippen LogP contribution in [-0.2, 0) is 11.2 Å². The molecule has 2 nitrogen and oxygen atoms in total. The molecule has 1 aliphatic heterocycles. The quantitative estimate of drug-likeness (QED) is 0.888. The van der Waals surface area contributed by atoms with E-state index in [9.17, 15) is 5.11 Å². The van der Waals surface area contributed by atoms with Crippen molar-refractivity contribution in [3.05, 3.63) is 35.4 Å². The van der Waals surface area contributed by atoms with Crippen LogP contribution in [0.15, 0.2) is 24.3 Å². The molecule has 1 aromatic rings. The normalized spacial score (nSPS) is 32.6. The molecule has 0 spiro atoms. The van der Waals surface area contributed by atoms with Gasteiger partial charge in [0.2, 0.25) is 0 Å². The lowest BCUT2D eigenvalue weighted by molar-refractivity contribution is -0.148. The number of rotatable bonds is 2. The summed E-state index contributed by atoms with van der Waals surface area (Å²) in [5.74, 6) is 0.513. The van der Waals surface area contributed by atoms with Crippen molar-refractivity contribution in [3.63, 3.8) is 0 Å². The van der Waals surface area contributed by atoms with E-state index in [1.54, 1.807) is 0 Å². The standard InChI is InChI=1S/C18H26O2/c1-17(2)13-18(19,10-11-20-17)12-15-8-5-7-14-6-3-4-9-16(14)15/h3-4,6,9,15,19H,5,7-8,10-13H2,1-2H3. The summed E-state index contributed by atoms with van der Waals surface area (Å²) in [5, 5.41) is 11.0. The Hall–Kier alpha value is -0.860. The van der Waals surface area contributed by atoms with E-state index < -0.39 is 5.60 Å². The van der Waals surface area contributed by atoms with Crippen molar-refractivity contribution >= 4 is 0 Å². The first-order valence-electron chi connectivity index (χ1n) is 7.92. The molecule has 0 amide bonds. The molecule has 1 N–H and O–H groups in total. The van der Waals surface area contributed by atoms with Crippen molar-refractivity contribution in [2.45, 2.75) is 69.5 Å². The van der Waals surface area contributed by atoms with Gasteiger partial charge in [0.15, 0.2) is 0 Å². The van der Waals surface area contributed by atoms with E-state index in [4.69, 9.17) is 4.74 Å². The zero-order chi connectivity index (χ0) is 14.2. The molecule has 2 unspecified atom stereocenters. The minimum absolute atomic E-state index is 0.193. The molecule has 0 radical (unpaired) electrons. The highest BCUT2D eigenvalue weighted by Crippen LogP contribution is 2.42. The predicted molar refractivity (Wildman–Crippen MR) is 81.0 cm³/mol. The molecule has 3 rings (SSSR count). The smallest absolute Gasteiger partial charge is 0.0702 e. The van der Waals surface area contributed by atoms with Crippen LogP contribution in [-0.4, -0.2) is 22.9 Å². The van der Waals surface area contributed by atoms with Crippen LogP contribution in [0.1, 0.15) is 63.0 Å². The fraction of sp³-hybridized carbons (Fsp3) is 0.667. The lowest BCUT2D eigenvalue weighted by Gasteiger charge is -2.43. The van der Waals surface area contributed by atoms with Crippen molar-refractivity contribution < 1.29 is 9.84 Å². The van der Waals surface area contributed by atoms with Gasteiger partial charge in [-0.25, -0.2) is 0 Å². The van der Waals surface area contributed by atoms with Gasteiger partial charge >= 0.3 is 0 Å². The highest BCUT2D eigenvalue weighted by atomic mass is 16.5. The predicted octanol–water partition coefficient (Wildman–Crippen LogP) is 3.82. The molecule has 2 heteroatoms. The SMILES string of the molecule is CC1(C)CC(O)(CC2CCCc3ccccc32)CCO1. The zero-order valence-electron chi connectivity index (χ0n) is 12.7. The minimum atomic E-state index is -0.559. The van der Waals surface area contributed by atoms with Gasteiger partial charge in [-0.05, 0) is 63.0 Å². The summed E-state index contributed by atoms with van der Waals surface area (Å²) in [5.41, 5.74) is 2.20. The maximum atomic E-state index is 11.0. The second-order valence-electron chi connectivity index (χ2n) is 7.25. The second kappa shape index (κ2) is 5.16. The second-order valence-corrected chi connectivity index (χ2v) is 7.25. The summed E-state index contributed by atoms with van der Waals surface area (Å²) in [6, 6.07) is 8.77. The highest BCUT2D eigenvalue weighted by molar-refractivity contribution is 5.33. The Morgan fingerprint density at radius 2 is 2.10 bits per heavy atom. The molecule has 0 bridgehead atoms. The van der Waals surface area contributed by atoms with Gasteiger partial charge in [0.25, 0.3) is 0 Å². The van der Waals surface area contributed by atoms with E-state index in [0.29, 0.717) is 12.5 Å². The van der Waals surface area contributed by atoms with Crippen LogP contribution in [0.2, 0.25) is 0 Å². The summed E-state index contributed by atoms with van der Waals surface area (Å²) in [6.07, 6.45) is 6.06. The molecular formula is C18H26O2. The van der Waals surface area contributed by atoms with Gasteiger partial charge in [-0.2, -0.15) is 0 Å². The van der Waals surface area contributed by atoms with Gasteiger partial charge in [-0.1, -0.05) is 24.3 Å². The largest absolute Gasteiger partial charge is 0.390 e. The van der Waals surface area contributed by atoms with Gasteiger partial charge in [0.05, 0.1) is 17.8 Å². The number of aryl methyl sites for hydroxylation is 1. The van der Waals surface area contributed by atoms with Crippen LogP contribution >= 0.6 is 0 Å². The molecule has 1 aromatic carbocycles. The van der Waals surface area contributed by atoms with Crippen LogP contribution < -0.4 is 0 Å². The lowest BCUT2D eigenvalue weighted by Crippen LogP contribution is -2.46. The fourth-order valence-corrected chi connectivity index (χ4v) is 4.15. The molecule has 110 valence electrons. The monoisotopic (exact) mass is 274 g/mol. The highest BCUT2D eigenvalue weighted by Gasteiger charge is 2.41. The fourth-order valence-electron chi connectivity index (χ4n) is 4.15. The van der Waals surface area contributed by atoms with Crippen molar-refractivity contribution in [3.8, 4) is 0 Å². The van der Waals surface area contributed by atoms with Crippen molar-refractivity contribution in [1.82, 2.24) is 0 Å². The van der Waals surface area contributed by atoms with Crippen LogP contribution in [0.3, 0.4) is 0 Å². The average molecular weight is 274 g/mol. The van der Waals surface area contributed by atoms with Crippen molar-refractivity contribution in [2.24, 2.45) is 0 Å². The third-order valence-electron chi connectivity index (χ3n) is 4.93. The number of ether oxygens (including phenoxy) is 1.